The predicted octanol–water partition coefficient (Wildman–Crippen LogP) is 12.8. The Morgan fingerprint density at radius 1 is 0.328 bits per heavy atom. The van der Waals surface area contributed by atoms with E-state index in [2.05, 4.69) is 63.7 Å². The highest BCUT2D eigenvalue weighted by Gasteiger charge is 2.23. The van der Waals surface area contributed by atoms with Crippen LogP contribution >= 0.6 is 0 Å². The highest BCUT2D eigenvalue weighted by atomic mass is 15.0. The molecule has 3 aromatic heterocycles. The molecule has 0 unspecified atom stereocenters. The van der Waals surface area contributed by atoms with Crippen LogP contribution in [0.1, 0.15) is 22.3 Å². The average molecular weight is 815 g/mol. The summed E-state index contributed by atoms with van der Waals surface area (Å²) in [5.41, 5.74) is 13.4. The van der Waals surface area contributed by atoms with Crippen LogP contribution in [-0.2, 0) is 0 Å². The smallest absolute Gasteiger partial charge is 0.160 e. The molecule has 0 atom stereocenters. The third-order valence-electron chi connectivity index (χ3n) is 11.8. The Kier molecular flexibility index (Phi) is 8.85. The molecule has 0 aliphatic heterocycles. The Labute approximate surface area is 367 Å². The number of aromatic nitrogens is 4. The molecule has 0 saturated carbocycles. The molecule has 8 aromatic carbocycles. The minimum absolute atomic E-state index is 0.521. The van der Waals surface area contributed by atoms with Crippen LogP contribution in [-0.4, -0.2) is 19.1 Å². The van der Waals surface area contributed by atoms with Crippen LogP contribution in [0.5, 0.6) is 0 Å². The highest BCUT2D eigenvalue weighted by molar-refractivity contribution is 6.12. The van der Waals surface area contributed by atoms with Crippen LogP contribution in [0.2, 0.25) is 0 Å². The Morgan fingerprint density at radius 2 is 0.734 bits per heavy atom. The zero-order valence-corrected chi connectivity index (χ0v) is 33.9. The van der Waals surface area contributed by atoms with Gasteiger partial charge in [0.2, 0.25) is 0 Å². The Hall–Kier alpha value is -9.60. The zero-order chi connectivity index (χ0) is 43.3. The van der Waals surface area contributed by atoms with Gasteiger partial charge in [0.15, 0.2) is 5.82 Å². The van der Waals surface area contributed by atoms with Gasteiger partial charge in [-0.05, 0) is 97.1 Å². The van der Waals surface area contributed by atoms with Crippen molar-refractivity contribution >= 4 is 43.6 Å². The monoisotopic (exact) mass is 814 g/mol. The molecule has 11 aromatic rings. The standard InChI is InChI=1S/C56H30N8/c57-31-35-15-20-51-43(25-35)44-26-36(32-58)16-21-52(44)63(51)50-14-8-7-13-42(50)47-29-41(49-30-48(39-9-3-1-4-10-39)61-56(62-49)40-11-5-2-6-12-40)19-24-55(47)64-53-22-17-37(33-59)27-45(53)46-28-38(34-60)18-23-54(46)64/h1-30H. The van der Waals surface area contributed by atoms with Gasteiger partial charge in [-0.25, -0.2) is 9.97 Å². The molecular formula is C56H30N8. The zero-order valence-electron chi connectivity index (χ0n) is 33.9. The van der Waals surface area contributed by atoms with Crippen molar-refractivity contribution in [1.29, 1.82) is 21.0 Å². The third kappa shape index (κ3) is 6.12. The fourth-order valence-electron chi connectivity index (χ4n) is 8.91. The molecular weight excluding hydrogens is 785 g/mol. The Morgan fingerprint density at radius 3 is 1.20 bits per heavy atom. The fraction of sp³-hybridized carbons (Fsp3) is 0. The Balaban J connectivity index is 1.24. The molecule has 8 nitrogen and oxygen atoms in total. The second kappa shape index (κ2) is 15.1. The number of benzene rings is 8. The van der Waals surface area contributed by atoms with Gasteiger partial charge >= 0.3 is 0 Å². The molecule has 64 heavy (non-hydrogen) atoms. The fourth-order valence-corrected chi connectivity index (χ4v) is 8.91. The molecule has 0 bridgehead atoms. The van der Waals surface area contributed by atoms with Gasteiger partial charge in [-0.1, -0.05) is 84.9 Å². The predicted molar refractivity (Wildman–Crippen MR) is 251 cm³/mol. The largest absolute Gasteiger partial charge is 0.309 e. The average Bonchev–Trinajstić information content (AvgIpc) is 3.87. The van der Waals surface area contributed by atoms with Crippen molar-refractivity contribution in [2.24, 2.45) is 0 Å². The van der Waals surface area contributed by atoms with Crippen LogP contribution in [0.25, 0.3) is 100 Å². The Bertz CT molecular complexity index is 3690. The van der Waals surface area contributed by atoms with Gasteiger partial charge in [-0.2, -0.15) is 21.0 Å². The molecule has 11 rings (SSSR count). The topological polar surface area (TPSA) is 131 Å². The summed E-state index contributed by atoms with van der Waals surface area (Å²) < 4.78 is 4.41. The minimum atomic E-state index is 0.521. The molecule has 0 aliphatic carbocycles. The minimum Gasteiger partial charge on any atom is -0.309 e. The molecule has 0 amide bonds. The molecule has 0 saturated heterocycles. The number of rotatable bonds is 6. The summed E-state index contributed by atoms with van der Waals surface area (Å²) >= 11 is 0. The summed E-state index contributed by atoms with van der Waals surface area (Å²) in [6.07, 6.45) is 0. The van der Waals surface area contributed by atoms with E-state index in [-0.39, 0.29) is 0 Å². The van der Waals surface area contributed by atoms with Gasteiger partial charge in [0.1, 0.15) is 0 Å². The van der Waals surface area contributed by atoms with E-state index in [9.17, 15) is 21.0 Å². The van der Waals surface area contributed by atoms with Crippen LogP contribution in [0.4, 0.5) is 0 Å². The molecule has 8 heteroatoms. The molecule has 3 heterocycles. The molecule has 0 radical (unpaired) electrons. The van der Waals surface area contributed by atoms with Gasteiger partial charge in [0.25, 0.3) is 0 Å². The molecule has 0 N–H and O–H groups in total. The first-order chi connectivity index (χ1) is 31.5. The molecule has 0 spiro atoms. The molecule has 0 aliphatic rings. The van der Waals surface area contributed by atoms with E-state index in [0.29, 0.717) is 28.1 Å². The maximum Gasteiger partial charge on any atom is 0.160 e. The van der Waals surface area contributed by atoms with Crippen LogP contribution < -0.4 is 0 Å². The third-order valence-corrected chi connectivity index (χ3v) is 11.8. The van der Waals surface area contributed by atoms with E-state index < -0.39 is 0 Å². The van der Waals surface area contributed by atoms with Gasteiger partial charge < -0.3 is 9.13 Å². The first-order valence-electron chi connectivity index (χ1n) is 20.5. The summed E-state index contributed by atoms with van der Waals surface area (Å²) in [5, 5.41) is 43.3. The second-order valence-electron chi connectivity index (χ2n) is 15.5. The van der Waals surface area contributed by atoms with Crippen molar-refractivity contribution in [3.8, 4) is 80.7 Å². The van der Waals surface area contributed by atoms with E-state index in [4.69, 9.17) is 9.97 Å². The van der Waals surface area contributed by atoms with Crippen molar-refractivity contribution in [2.45, 2.75) is 0 Å². The lowest BCUT2D eigenvalue weighted by Crippen LogP contribution is -2.02. The van der Waals surface area contributed by atoms with Crippen molar-refractivity contribution in [3.05, 3.63) is 204 Å². The van der Waals surface area contributed by atoms with Crippen molar-refractivity contribution in [3.63, 3.8) is 0 Å². The van der Waals surface area contributed by atoms with E-state index in [0.717, 1.165) is 94.2 Å². The number of fused-ring (bicyclic) bond motifs is 6. The quantitative estimate of drug-likeness (QED) is 0.164. The van der Waals surface area contributed by atoms with Crippen molar-refractivity contribution < 1.29 is 0 Å². The van der Waals surface area contributed by atoms with E-state index in [1.54, 1.807) is 0 Å². The maximum atomic E-state index is 9.99. The number of nitrogens with zero attached hydrogens (tertiary/aromatic N) is 8. The normalized spacial score (nSPS) is 11.1. The summed E-state index contributed by atoms with van der Waals surface area (Å²) in [5.74, 6) is 0.603. The van der Waals surface area contributed by atoms with Crippen molar-refractivity contribution in [2.75, 3.05) is 0 Å². The van der Waals surface area contributed by atoms with Crippen molar-refractivity contribution in [1.82, 2.24) is 19.1 Å². The van der Waals surface area contributed by atoms with Crippen LogP contribution in [0.3, 0.4) is 0 Å². The van der Waals surface area contributed by atoms with Crippen LogP contribution in [0.15, 0.2) is 182 Å². The van der Waals surface area contributed by atoms with E-state index in [1.807, 2.05) is 152 Å². The maximum absolute atomic E-state index is 9.99. The van der Waals surface area contributed by atoms with E-state index >= 15 is 0 Å². The number of para-hydroxylation sites is 1. The van der Waals surface area contributed by atoms with Gasteiger partial charge in [-0.3, -0.25) is 0 Å². The lowest BCUT2D eigenvalue weighted by molar-refractivity contribution is 1.15. The van der Waals surface area contributed by atoms with Gasteiger partial charge in [0, 0.05) is 49.4 Å². The second-order valence-corrected chi connectivity index (χ2v) is 15.5. The first-order valence-corrected chi connectivity index (χ1v) is 20.5. The number of hydrogen-bond acceptors (Lipinski definition) is 6. The van der Waals surface area contributed by atoms with Gasteiger partial charge in [0.05, 0.1) is 91.4 Å². The number of nitriles is 4. The lowest BCUT2D eigenvalue weighted by Gasteiger charge is -2.20. The summed E-state index contributed by atoms with van der Waals surface area (Å²) in [6, 6.07) is 68.7. The highest BCUT2D eigenvalue weighted by Crippen LogP contribution is 2.43. The van der Waals surface area contributed by atoms with Crippen LogP contribution in [0, 0.1) is 45.3 Å². The van der Waals surface area contributed by atoms with E-state index in [1.165, 1.54) is 0 Å². The van der Waals surface area contributed by atoms with Gasteiger partial charge in [-0.15, -0.1) is 0 Å². The number of hydrogen-bond donors (Lipinski definition) is 0. The molecule has 294 valence electrons. The first kappa shape index (κ1) is 37.4. The summed E-state index contributed by atoms with van der Waals surface area (Å²) in [4.78, 5) is 10.3. The SMILES string of the molecule is N#Cc1ccc2c(c1)c1cc(C#N)ccc1n2-c1ccccc1-c1cc(-c2cc(-c3ccccc3)nc(-c3ccccc3)n2)ccc1-n1c2ccc(C#N)cc2c2cc(C#N)ccc21. The molecule has 0 fully saturated rings. The lowest BCUT2D eigenvalue weighted by atomic mass is 9.96. The summed E-state index contributed by atoms with van der Waals surface area (Å²) in [7, 11) is 0. The summed E-state index contributed by atoms with van der Waals surface area (Å²) in [6.45, 7) is 0.